The highest BCUT2D eigenvalue weighted by Gasteiger charge is 2.08. The van der Waals surface area contributed by atoms with E-state index in [4.69, 9.17) is 11.6 Å². The lowest BCUT2D eigenvalue weighted by Crippen LogP contribution is -1.84. The summed E-state index contributed by atoms with van der Waals surface area (Å²) in [5.74, 6) is 0. The fraction of sp³-hybridized carbons (Fsp3) is 0. The lowest BCUT2D eigenvalue weighted by atomic mass is 9.96. The summed E-state index contributed by atoms with van der Waals surface area (Å²) in [7, 11) is 0. The number of hydrogen-bond acceptors (Lipinski definition) is 0. The molecular formula is C30H20ClN. The Hall–Kier alpha value is -3.81. The predicted molar refractivity (Wildman–Crippen MR) is 137 cm³/mol. The highest BCUT2D eigenvalue weighted by Crippen LogP contribution is 2.33. The summed E-state index contributed by atoms with van der Waals surface area (Å²) in [4.78, 5) is 3.55. The molecule has 0 amide bonds. The maximum absolute atomic E-state index is 6.20. The van der Waals surface area contributed by atoms with Crippen molar-refractivity contribution in [3.05, 3.63) is 120 Å². The van der Waals surface area contributed by atoms with Gasteiger partial charge in [-0.15, -0.1) is 0 Å². The van der Waals surface area contributed by atoms with Crippen LogP contribution in [0.2, 0.25) is 5.02 Å². The number of H-pyrrole nitrogens is 1. The largest absolute Gasteiger partial charge is 0.354 e. The summed E-state index contributed by atoms with van der Waals surface area (Å²) < 4.78 is 0. The Kier molecular flexibility index (Phi) is 4.56. The first-order valence-electron chi connectivity index (χ1n) is 10.7. The van der Waals surface area contributed by atoms with E-state index < -0.39 is 0 Å². The van der Waals surface area contributed by atoms with Crippen LogP contribution in [0.1, 0.15) is 0 Å². The van der Waals surface area contributed by atoms with Crippen molar-refractivity contribution in [3.63, 3.8) is 0 Å². The number of para-hydroxylation sites is 1. The van der Waals surface area contributed by atoms with E-state index in [2.05, 4.69) is 102 Å². The molecule has 1 N–H and O–H groups in total. The van der Waals surface area contributed by atoms with Gasteiger partial charge in [0, 0.05) is 26.8 Å². The van der Waals surface area contributed by atoms with Crippen molar-refractivity contribution >= 4 is 33.4 Å². The van der Waals surface area contributed by atoms with Gasteiger partial charge in [0.15, 0.2) is 0 Å². The van der Waals surface area contributed by atoms with Crippen LogP contribution in [0.4, 0.5) is 0 Å². The zero-order chi connectivity index (χ0) is 21.5. The van der Waals surface area contributed by atoms with Gasteiger partial charge < -0.3 is 4.98 Å². The molecule has 1 nitrogen and oxygen atoms in total. The second kappa shape index (κ2) is 7.71. The fourth-order valence-electron chi connectivity index (χ4n) is 4.46. The molecule has 2 heteroatoms. The zero-order valence-electron chi connectivity index (χ0n) is 17.3. The van der Waals surface area contributed by atoms with Gasteiger partial charge in [-0.25, -0.2) is 0 Å². The minimum absolute atomic E-state index is 0.752. The minimum Gasteiger partial charge on any atom is -0.354 e. The third-order valence-electron chi connectivity index (χ3n) is 6.06. The SMILES string of the molecule is Clc1cccc(-c2cccc(-c3cccc(-c4ccc5c(c4)[nH]c4ccccc45)c3)c2)c1. The summed E-state index contributed by atoms with van der Waals surface area (Å²) in [6.45, 7) is 0. The molecule has 0 aliphatic heterocycles. The molecule has 6 aromatic rings. The van der Waals surface area contributed by atoms with Gasteiger partial charge in [-0.1, -0.05) is 90.5 Å². The molecule has 0 unspecified atom stereocenters. The van der Waals surface area contributed by atoms with E-state index in [1.165, 1.54) is 38.5 Å². The molecule has 0 radical (unpaired) electrons. The van der Waals surface area contributed by atoms with E-state index in [0.717, 1.165) is 21.7 Å². The Bertz CT molecular complexity index is 1590. The van der Waals surface area contributed by atoms with Gasteiger partial charge in [-0.05, 0) is 69.8 Å². The van der Waals surface area contributed by atoms with Crippen molar-refractivity contribution in [3.8, 4) is 33.4 Å². The van der Waals surface area contributed by atoms with Gasteiger partial charge in [-0.2, -0.15) is 0 Å². The first kappa shape index (κ1) is 18.9. The van der Waals surface area contributed by atoms with Gasteiger partial charge in [0.05, 0.1) is 0 Å². The van der Waals surface area contributed by atoms with Crippen molar-refractivity contribution < 1.29 is 0 Å². The van der Waals surface area contributed by atoms with Crippen molar-refractivity contribution in [1.82, 2.24) is 4.98 Å². The number of aromatic nitrogens is 1. The third kappa shape index (κ3) is 3.37. The summed E-state index contributed by atoms with van der Waals surface area (Å²) in [5.41, 5.74) is 9.42. The third-order valence-corrected chi connectivity index (χ3v) is 6.29. The van der Waals surface area contributed by atoms with E-state index in [-0.39, 0.29) is 0 Å². The average Bonchev–Trinajstić information content (AvgIpc) is 3.22. The van der Waals surface area contributed by atoms with Crippen molar-refractivity contribution in [2.45, 2.75) is 0 Å². The van der Waals surface area contributed by atoms with Crippen LogP contribution < -0.4 is 0 Å². The van der Waals surface area contributed by atoms with Crippen LogP contribution in [0.3, 0.4) is 0 Å². The number of aromatic amines is 1. The number of halogens is 1. The Morgan fingerprint density at radius 2 is 0.938 bits per heavy atom. The molecule has 0 aliphatic carbocycles. The van der Waals surface area contributed by atoms with E-state index >= 15 is 0 Å². The fourth-order valence-corrected chi connectivity index (χ4v) is 4.65. The molecule has 0 saturated heterocycles. The lowest BCUT2D eigenvalue weighted by molar-refractivity contribution is 1.54. The predicted octanol–water partition coefficient (Wildman–Crippen LogP) is 8.98. The van der Waals surface area contributed by atoms with Crippen LogP contribution in [0.15, 0.2) is 115 Å². The van der Waals surface area contributed by atoms with Crippen LogP contribution in [-0.4, -0.2) is 4.98 Å². The second-order valence-corrected chi connectivity index (χ2v) is 8.54. The first-order valence-corrected chi connectivity index (χ1v) is 11.1. The molecule has 1 heterocycles. The molecule has 0 spiro atoms. The summed E-state index contributed by atoms with van der Waals surface area (Å²) in [6, 6.07) is 40.5. The topological polar surface area (TPSA) is 15.8 Å². The Morgan fingerprint density at radius 3 is 1.59 bits per heavy atom. The smallest absolute Gasteiger partial charge is 0.0471 e. The molecule has 0 fully saturated rings. The number of hydrogen-bond donors (Lipinski definition) is 1. The number of benzene rings is 5. The van der Waals surface area contributed by atoms with Gasteiger partial charge >= 0.3 is 0 Å². The van der Waals surface area contributed by atoms with Crippen molar-refractivity contribution in [2.75, 3.05) is 0 Å². The maximum Gasteiger partial charge on any atom is 0.0471 e. The standard InChI is InChI=1S/C30H20ClN/c31-26-11-5-10-24(18-26)22-8-3-6-20(16-22)21-7-4-9-23(17-21)25-14-15-28-27-12-1-2-13-29(27)32-30(28)19-25/h1-19,32H. The van der Waals surface area contributed by atoms with Crippen molar-refractivity contribution in [2.24, 2.45) is 0 Å². The monoisotopic (exact) mass is 429 g/mol. The zero-order valence-corrected chi connectivity index (χ0v) is 18.1. The van der Waals surface area contributed by atoms with Crippen LogP contribution in [0.25, 0.3) is 55.2 Å². The average molecular weight is 430 g/mol. The Balaban J connectivity index is 1.41. The quantitative estimate of drug-likeness (QED) is 0.289. The minimum atomic E-state index is 0.752. The van der Waals surface area contributed by atoms with E-state index in [9.17, 15) is 0 Å². The summed E-state index contributed by atoms with van der Waals surface area (Å²) in [5, 5.41) is 3.28. The Labute approximate surface area is 191 Å². The van der Waals surface area contributed by atoms with Crippen LogP contribution >= 0.6 is 11.6 Å². The molecule has 6 rings (SSSR count). The van der Waals surface area contributed by atoms with Crippen LogP contribution in [0, 0.1) is 0 Å². The Morgan fingerprint density at radius 1 is 0.406 bits per heavy atom. The van der Waals surface area contributed by atoms with Gasteiger partial charge in [0.25, 0.3) is 0 Å². The molecule has 5 aromatic carbocycles. The van der Waals surface area contributed by atoms with E-state index in [1.807, 2.05) is 18.2 Å². The van der Waals surface area contributed by atoms with Crippen LogP contribution in [-0.2, 0) is 0 Å². The number of fused-ring (bicyclic) bond motifs is 3. The lowest BCUT2D eigenvalue weighted by Gasteiger charge is -2.09. The highest BCUT2D eigenvalue weighted by molar-refractivity contribution is 6.30. The first-order chi connectivity index (χ1) is 15.7. The number of nitrogens with one attached hydrogen (secondary N) is 1. The van der Waals surface area contributed by atoms with Gasteiger partial charge in [-0.3, -0.25) is 0 Å². The molecule has 32 heavy (non-hydrogen) atoms. The highest BCUT2D eigenvalue weighted by atomic mass is 35.5. The van der Waals surface area contributed by atoms with Gasteiger partial charge in [0.1, 0.15) is 0 Å². The molecule has 0 saturated carbocycles. The molecule has 0 bridgehead atoms. The van der Waals surface area contributed by atoms with E-state index in [0.29, 0.717) is 0 Å². The van der Waals surface area contributed by atoms with Crippen LogP contribution in [0.5, 0.6) is 0 Å². The van der Waals surface area contributed by atoms with Gasteiger partial charge in [0.2, 0.25) is 0 Å². The molecule has 0 atom stereocenters. The second-order valence-electron chi connectivity index (χ2n) is 8.10. The molecule has 0 aliphatic rings. The summed E-state index contributed by atoms with van der Waals surface area (Å²) in [6.07, 6.45) is 0. The van der Waals surface area contributed by atoms with E-state index in [1.54, 1.807) is 0 Å². The molecule has 152 valence electrons. The molecule has 1 aromatic heterocycles. The summed E-state index contributed by atoms with van der Waals surface area (Å²) >= 11 is 6.20. The normalized spacial score (nSPS) is 11.3. The number of rotatable bonds is 3. The molecular weight excluding hydrogens is 410 g/mol. The van der Waals surface area contributed by atoms with Crippen molar-refractivity contribution in [1.29, 1.82) is 0 Å². The maximum atomic E-state index is 6.20.